The molecule has 0 saturated carbocycles. The number of hydrogen-bond acceptors (Lipinski definition) is 5. The lowest BCUT2D eigenvalue weighted by Gasteiger charge is -2.29. The first kappa shape index (κ1) is 16.1. The standard InChI is InChI=1S/C12H26O5Si/c1-5-7-11(8-6-2)17-18(13-3,14-4)16-10-12-9-15-12/h11-12H,5-10H2,1-4H3. The second kappa shape index (κ2) is 8.24. The highest BCUT2D eigenvalue weighted by Crippen LogP contribution is 2.20. The van der Waals surface area contributed by atoms with Gasteiger partial charge in [0.15, 0.2) is 0 Å². The maximum Gasteiger partial charge on any atom is 0.679 e. The van der Waals surface area contributed by atoms with Crippen LogP contribution in [0.5, 0.6) is 0 Å². The average molecular weight is 278 g/mol. The highest BCUT2D eigenvalue weighted by Gasteiger charge is 2.47. The third-order valence-electron chi connectivity index (χ3n) is 2.88. The minimum absolute atomic E-state index is 0.145. The van der Waals surface area contributed by atoms with Crippen LogP contribution in [0.3, 0.4) is 0 Å². The van der Waals surface area contributed by atoms with Gasteiger partial charge in [0, 0.05) is 14.2 Å². The molecule has 0 aromatic carbocycles. The van der Waals surface area contributed by atoms with Crippen molar-refractivity contribution in [2.24, 2.45) is 0 Å². The van der Waals surface area contributed by atoms with Crippen molar-refractivity contribution in [1.82, 2.24) is 0 Å². The predicted molar refractivity (Wildman–Crippen MR) is 70.2 cm³/mol. The maximum absolute atomic E-state index is 6.01. The van der Waals surface area contributed by atoms with Crippen LogP contribution < -0.4 is 0 Å². The van der Waals surface area contributed by atoms with Gasteiger partial charge in [0.2, 0.25) is 0 Å². The van der Waals surface area contributed by atoms with Crippen LogP contribution in [0.1, 0.15) is 39.5 Å². The molecule has 1 rings (SSSR count). The molecule has 0 spiro atoms. The molecule has 108 valence electrons. The first-order chi connectivity index (χ1) is 8.69. The topological polar surface area (TPSA) is 49.5 Å². The summed E-state index contributed by atoms with van der Waals surface area (Å²) < 4.78 is 27.7. The van der Waals surface area contributed by atoms with Crippen LogP contribution in [-0.4, -0.2) is 48.7 Å². The number of hydrogen-bond donors (Lipinski definition) is 0. The fourth-order valence-corrected chi connectivity index (χ4v) is 3.50. The summed E-state index contributed by atoms with van der Waals surface area (Å²) in [6.45, 7) is 5.53. The number of epoxide rings is 1. The molecule has 0 amide bonds. The van der Waals surface area contributed by atoms with Crippen molar-refractivity contribution in [2.75, 3.05) is 27.4 Å². The van der Waals surface area contributed by atoms with Gasteiger partial charge in [-0.1, -0.05) is 26.7 Å². The van der Waals surface area contributed by atoms with Crippen LogP contribution in [0.15, 0.2) is 0 Å². The van der Waals surface area contributed by atoms with Gasteiger partial charge in [-0.15, -0.1) is 0 Å². The molecule has 0 radical (unpaired) electrons. The minimum atomic E-state index is -2.98. The van der Waals surface area contributed by atoms with Crippen LogP contribution in [-0.2, 0) is 22.4 Å². The Balaban J connectivity index is 2.50. The second-order valence-corrected chi connectivity index (χ2v) is 6.83. The number of ether oxygens (including phenoxy) is 1. The Morgan fingerprint density at radius 2 is 1.72 bits per heavy atom. The molecule has 6 heteroatoms. The Morgan fingerprint density at radius 3 is 2.11 bits per heavy atom. The monoisotopic (exact) mass is 278 g/mol. The molecule has 0 aliphatic carbocycles. The molecule has 0 N–H and O–H groups in total. The molecule has 1 atom stereocenters. The predicted octanol–water partition coefficient (Wildman–Crippen LogP) is 2.12. The van der Waals surface area contributed by atoms with E-state index in [0.29, 0.717) is 6.61 Å². The zero-order valence-corrected chi connectivity index (χ0v) is 12.9. The van der Waals surface area contributed by atoms with Gasteiger partial charge in [-0.3, -0.25) is 0 Å². The van der Waals surface area contributed by atoms with Crippen LogP contribution in [0.25, 0.3) is 0 Å². The summed E-state index contributed by atoms with van der Waals surface area (Å²) in [7, 11) is 0.180. The van der Waals surface area contributed by atoms with Crippen LogP contribution in [0.4, 0.5) is 0 Å². The van der Waals surface area contributed by atoms with Gasteiger partial charge in [-0.2, -0.15) is 0 Å². The van der Waals surface area contributed by atoms with Gasteiger partial charge in [-0.25, -0.2) is 0 Å². The van der Waals surface area contributed by atoms with E-state index in [0.717, 1.165) is 32.3 Å². The zero-order chi connectivity index (χ0) is 13.4. The molecule has 0 bridgehead atoms. The molecule has 0 aromatic rings. The van der Waals surface area contributed by atoms with Gasteiger partial charge in [-0.05, 0) is 12.8 Å². The molecule has 0 aromatic heterocycles. The second-order valence-electron chi connectivity index (χ2n) is 4.49. The van der Waals surface area contributed by atoms with Gasteiger partial charge in [0.1, 0.15) is 6.10 Å². The van der Waals surface area contributed by atoms with E-state index >= 15 is 0 Å². The Hall–Kier alpha value is 0.0169. The molecule has 1 fully saturated rings. The molecule has 1 heterocycles. The largest absolute Gasteiger partial charge is 0.679 e. The molecule has 1 aliphatic rings. The van der Waals surface area contributed by atoms with Crippen LogP contribution in [0, 0.1) is 0 Å². The fourth-order valence-electron chi connectivity index (χ4n) is 1.80. The van der Waals surface area contributed by atoms with Crippen LogP contribution in [0.2, 0.25) is 0 Å². The Morgan fingerprint density at radius 1 is 1.17 bits per heavy atom. The van der Waals surface area contributed by atoms with E-state index in [1.807, 2.05) is 0 Å². The molecule has 18 heavy (non-hydrogen) atoms. The molecule has 1 saturated heterocycles. The number of rotatable bonds is 11. The highest BCUT2D eigenvalue weighted by molar-refractivity contribution is 6.53. The third-order valence-corrected chi connectivity index (χ3v) is 5.02. The van der Waals surface area contributed by atoms with E-state index in [1.54, 1.807) is 14.2 Å². The molecular formula is C12H26O5Si. The van der Waals surface area contributed by atoms with Crippen LogP contribution >= 0.6 is 0 Å². The van der Waals surface area contributed by atoms with E-state index in [2.05, 4.69) is 13.8 Å². The SMILES string of the molecule is CCCC(CCC)O[Si](OC)(OC)OCC1CO1. The lowest BCUT2D eigenvalue weighted by atomic mass is 10.1. The summed E-state index contributed by atoms with van der Waals surface area (Å²) in [4.78, 5) is 0. The van der Waals surface area contributed by atoms with Gasteiger partial charge in [0.25, 0.3) is 0 Å². The van der Waals surface area contributed by atoms with Crippen molar-refractivity contribution in [2.45, 2.75) is 51.7 Å². The van der Waals surface area contributed by atoms with Crippen molar-refractivity contribution < 1.29 is 22.4 Å². The zero-order valence-electron chi connectivity index (χ0n) is 11.9. The van der Waals surface area contributed by atoms with E-state index in [4.69, 9.17) is 22.4 Å². The van der Waals surface area contributed by atoms with Crippen molar-refractivity contribution in [3.63, 3.8) is 0 Å². The van der Waals surface area contributed by atoms with Crippen molar-refractivity contribution in [3.8, 4) is 0 Å². The summed E-state index contributed by atoms with van der Waals surface area (Å²) in [5.41, 5.74) is 0. The Bertz CT molecular complexity index is 213. The normalized spacial score (nSPS) is 19.5. The minimum Gasteiger partial charge on any atom is -0.371 e. The Kier molecular flexibility index (Phi) is 7.36. The summed E-state index contributed by atoms with van der Waals surface area (Å²) in [6.07, 6.45) is 4.48. The van der Waals surface area contributed by atoms with Gasteiger partial charge >= 0.3 is 9.05 Å². The van der Waals surface area contributed by atoms with Gasteiger partial charge in [0.05, 0.1) is 19.3 Å². The lowest BCUT2D eigenvalue weighted by Crippen LogP contribution is -2.50. The van der Waals surface area contributed by atoms with Crippen molar-refractivity contribution in [1.29, 1.82) is 0 Å². The average Bonchev–Trinajstić information content (AvgIpc) is 3.19. The quantitative estimate of drug-likeness (QED) is 0.428. The first-order valence-electron chi connectivity index (χ1n) is 6.73. The van der Waals surface area contributed by atoms with E-state index < -0.39 is 9.05 Å². The van der Waals surface area contributed by atoms with E-state index in [1.165, 1.54) is 0 Å². The first-order valence-corrected chi connectivity index (χ1v) is 8.36. The maximum atomic E-state index is 6.01. The molecule has 5 nitrogen and oxygen atoms in total. The molecule has 1 aliphatic heterocycles. The smallest absolute Gasteiger partial charge is 0.371 e. The molecule has 1 unspecified atom stereocenters. The summed E-state index contributed by atoms with van der Waals surface area (Å²) in [6, 6.07) is 0. The lowest BCUT2D eigenvalue weighted by molar-refractivity contribution is -0.0407. The fraction of sp³-hybridized carbons (Fsp3) is 1.00. The van der Waals surface area contributed by atoms with Crippen molar-refractivity contribution >= 4 is 9.05 Å². The van der Waals surface area contributed by atoms with E-state index in [9.17, 15) is 0 Å². The Labute approximate surface area is 111 Å². The van der Waals surface area contributed by atoms with E-state index in [-0.39, 0.29) is 12.2 Å². The summed E-state index contributed by atoms with van der Waals surface area (Å²) >= 11 is 0. The van der Waals surface area contributed by atoms with Gasteiger partial charge < -0.3 is 22.4 Å². The third kappa shape index (κ3) is 5.34. The van der Waals surface area contributed by atoms with Crippen molar-refractivity contribution in [3.05, 3.63) is 0 Å². The summed E-state index contributed by atoms with van der Waals surface area (Å²) in [5, 5.41) is 0. The summed E-state index contributed by atoms with van der Waals surface area (Å²) in [5.74, 6) is 0. The molecular weight excluding hydrogens is 252 g/mol. The highest BCUT2D eigenvalue weighted by atomic mass is 28.4.